The van der Waals surface area contributed by atoms with Gasteiger partial charge in [-0.25, -0.2) is 9.37 Å². The molecule has 0 unspecified atom stereocenters. The van der Waals surface area contributed by atoms with E-state index in [1.54, 1.807) is 12.3 Å². The summed E-state index contributed by atoms with van der Waals surface area (Å²) >= 11 is 0. The highest BCUT2D eigenvalue weighted by Crippen LogP contribution is 2.21. The van der Waals surface area contributed by atoms with Crippen LogP contribution in [0.25, 0.3) is 0 Å². The van der Waals surface area contributed by atoms with Crippen LogP contribution in [0.5, 0.6) is 5.75 Å². The Bertz CT molecular complexity index is 552. The minimum Gasteiger partial charge on any atom is -0.493 e. The number of aryl methyl sites for hydroxylation is 1. The van der Waals surface area contributed by atoms with Gasteiger partial charge in [0.25, 0.3) is 0 Å². The van der Waals surface area contributed by atoms with E-state index in [1.165, 1.54) is 19.1 Å². The molecule has 0 saturated carbocycles. The molecule has 2 rings (SSSR count). The molecule has 1 atom stereocenters. The van der Waals surface area contributed by atoms with Crippen molar-refractivity contribution in [3.8, 4) is 5.75 Å². The summed E-state index contributed by atoms with van der Waals surface area (Å²) in [6.45, 7) is 1.96. The van der Waals surface area contributed by atoms with Crippen LogP contribution < -0.4 is 4.74 Å². The fourth-order valence-electron chi connectivity index (χ4n) is 1.83. The van der Waals surface area contributed by atoms with Crippen LogP contribution in [0, 0.1) is 5.82 Å². The van der Waals surface area contributed by atoms with E-state index in [4.69, 9.17) is 4.74 Å². The van der Waals surface area contributed by atoms with Gasteiger partial charge in [-0.15, -0.1) is 0 Å². The lowest BCUT2D eigenvalue weighted by molar-refractivity contribution is 0.194. The molecule has 0 aliphatic carbocycles. The molecule has 0 fully saturated rings. The second kappa shape index (κ2) is 5.84. The summed E-state index contributed by atoms with van der Waals surface area (Å²) in [5, 5.41) is 9.34. The SMILES string of the molecule is C[C@H](O)c1ccc(OCCc2nccn2C)cc1F. The van der Waals surface area contributed by atoms with Crippen LogP contribution in [0.2, 0.25) is 0 Å². The average Bonchev–Trinajstić information content (AvgIpc) is 2.75. The van der Waals surface area contributed by atoms with Crippen LogP contribution >= 0.6 is 0 Å². The molecule has 0 bridgehead atoms. The number of hydrogen-bond acceptors (Lipinski definition) is 3. The lowest BCUT2D eigenvalue weighted by Gasteiger charge is -2.10. The first kappa shape index (κ1) is 13.5. The van der Waals surface area contributed by atoms with Gasteiger partial charge in [-0.3, -0.25) is 0 Å². The number of imidazole rings is 1. The van der Waals surface area contributed by atoms with Crippen molar-refractivity contribution in [2.24, 2.45) is 7.05 Å². The van der Waals surface area contributed by atoms with Crippen molar-refractivity contribution in [2.45, 2.75) is 19.4 Å². The second-order valence-corrected chi connectivity index (χ2v) is 4.41. The highest BCUT2D eigenvalue weighted by Gasteiger charge is 2.09. The zero-order chi connectivity index (χ0) is 13.8. The number of nitrogens with zero attached hydrogens (tertiary/aromatic N) is 2. The molecule has 0 radical (unpaired) electrons. The fraction of sp³-hybridized carbons (Fsp3) is 0.357. The van der Waals surface area contributed by atoms with E-state index >= 15 is 0 Å². The Morgan fingerprint density at radius 1 is 1.47 bits per heavy atom. The van der Waals surface area contributed by atoms with Crippen molar-refractivity contribution in [1.82, 2.24) is 9.55 Å². The second-order valence-electron chi connectivity index (χ2n) is 4.41. The minimum atomic E-state index is -0.818. The monoisotopic (exact) mass is 264 g/mol. The topological polar surface area (TPSA) is 47.3 Å². The molecular formula is C14H17FN2O2. The van der Waals surface area contributed by atoms with Crippen molar-refractivity contribution in [3.63, 3.8) is 0 Å². The lowest BCUT2D eigenvalue weighted by Crippen LogP contribution is -2.06. The Balaban J connectivity index is 1.93. The van der Waals surface area contributed by atoms with Gasteiger partial charge in [0.05, 0.1) is 12.7 Å². The molecule has 0 spiro atoms. The van der Waals surface area contributed by atoms with Crippen molar-refractivity contribution >= 4 is 0 Å². The normalized spacial score (nSPS) is 12.4. The van der Waals surface area contributed by atoms with E-state index < -0.39 is 11.9 Å². The number of aromatic nitrogens is 2. The van der Waals surface area contributed by atoms with Crippen LogP contribution in [-0.2, 0) is 13.5 Å². The Kier molecular flexibility index (Phi) is 4.16. The maximum absolute atomic E-state index is 13.6. The first-order valence-electron chi connectivity index (χ1n) is 6.14. The Morgan fingerprint density at radius 3 is 2.84 bits per heavy atom. The molecule has 102 valence electrons. The van der Waals surface area contributed by atoms with E-state index in [1.807, 2.05) is 17.8 Å². The summed E-state index contributed by atoms with van der Waals surface area (Å²) in [4.78, 5) is 4.18. The summed E-state index contributed by atoms with van der Waals surface area (Å²) in [6.07, 6.45) is 3.43. The van der Waals surface area contributed by atoms with Crippen LogP contribution in [0.15, 0.2) is 30.6 Å². The molecule has 4 nitrogen and oxygen atoms in total. The largest absolute Gasteiger partial charge is 0.493 e. The molecule has 0 saturated heterocycles. The standard InChI is InChI=1S/C14H17FN2O2/c1-10(18)12-4-3-11(9-13(12)15)19-8-5-14-16-6-7-17(14)2/h3-4,6-7,9-10,18H,5,8H2,1-2H3/t10-/m0/s1. The molecule has 5 heteroatoms. The zero-order valence-electron chi connectivity index (χ0n) is 11.0. The molecule has 1 aromatic carbocycles. The van der Waals surface area contributed by atoms with Crippen LogP contribution in [-0.4, -0.2) is 21.3 Å². The Hall–Kier alpha value is -1.88. The van der Waals surface area contributed by atoms with Crippen molar-refractivity contribution in [1.29, 1.82) is 0 Å². The number of aliphatic hydroxyl groups excluding tert-OH is 1. The molecule has 1 N–H and O–H groups in total. The summed E-state index contributed by atoms with van der Waals surface area (Å²) in [6, 6.07) is 4.49. The molecule has 1 aromatic heterocycles. The fourth-order valence-corrected chi connectivity index (χ4v) is 1.83. The number of rotatable bonds is 5. The summed E-state index contributed by atoms with van der Waals surface area (Å²) < 4.78 is 21.0. The first-order chi connectivity index (χ1) is 9.08. The van der Waals surface area contributed by atoms with Gasteiger partial charge in [0, 0.05) is 37.5 Å². The maximum atomic E-state index is 13.6. The molecule has 0 amide bonds. The smallest absolute Gasteiger partial charge is 0.132 e. The Morgan fingerprint density at radius 2 is 2.26 bits per heavy atom. The van der Waals surface area contributed by atoms with Gasteiger partial charge in [-0.05, 0) is 19.1 Å². The molecule has 0 aliphatic rings. The van der Waals surface area contributed by atoms with Crippen molar-refractivity contribution in [2.75, 3.05) is 6.61 Å². The van der Waals surface area contributed by atoms with Crippen molar-refractivity contribution < 1.29 is 14.2 Å². The highest BCUT2D eigenvalue weighted by molar-refractivity contribution is 5.30. The van der Waals surface area contributed by atoms with Gasteiger partial charge in [-0.2, -0.15) is 0 Å². The summed E-state index contributed by atoms with van der Waals surface area (Å²) in [7, 11) is 1.92. The molecule has 1 heterocycles. The predicted octanol–water partition coefficient (Wildman–Crippen LogP) is 2.23. The van der Waals surface area contributed by atoms with E-state index in [2.05, 4.69) is 4.98 Å². The average molecular weight is 264 g/mol. The van der Waals surface area contributed by atoms with Gasteiger partial charge in [0.1, 0.15) is 17.4 Å². The summed E-state index contributed by atoms with van der Waals surface area (Å²) in [5.41, 5.74) is 0.274. The highest BCUT2D eigenvalue weighted by atomic mass is 19.1. The van der Waals surface area contributed by atoms with E-state index in [-0.39, 0.29) is 5.56 Å². The molecule has 19 heavy (non-hydrogen) atoms. The van der Waals surface area contributed by atoms with E-state index in [0.717, 1.165) is 5.82 Å². The molecule has 2 aromatic rings. The van der Waals surface area contributed by atoms with Gasteiger partial charge in [-0.1, -0.05) is 0 Å². The molecular weight excluding hydrogens is 247 g/mol. The Labute approximate surface area is 111 Å². The molecule has 0 aliphatic heterocycles. The van der Waals surface area contributed by atoms with E-state index in [0.29, 0.717) is 18.8 Å². The van der Waals surface area contributed by atoms with Gasteiger partial charge >= 0.3 is 0 Å². The number of hydrogen-bond donors (Lipinski definition) is 1. The van der Waals surface area contributed by atoms with E-state index in [9.17, 15) is 9.50 Å². The first-order valence-corrected chi connectivity index (χ1v) is 6.14. The van der Waals surface area contributed by atoms with Crippen LogP contribution in [0.3, 0.4) is 0 Å². The van der Waals surface area contributed by atoms with Gasteiger partial charge in [0.15, 0.2) is 0 Å². The van der Waals surface area contributed by atoms with Crippen molar-refractivity contribution in [3.05, 3.63) is 47.8 Å². The van der Waals surface area contributed by atoms with Crippen LogP contribution in [0.4, 0.5) is 4.39 Å². The maximum Gasteiger partial charge on any atom is 0.132 e. The van der Waals surface area contributed by atoms with Gasteiger partial charge < -0.3 is 14.4 Å². The number of halogens is 1. The quantitative estimate of drug-likeness (QED) is 0.901. The summed E-state index contributed by atoms with van der Waals surface area (Å²) in [5.74, 6) is 0.918. The van der Waals surface area contributed by atoms with Gasteiger partial charge in [0.2, 0.25) is 0 Å². The zero-order valence-corrected chi connectivity index (χ0v) is 11.0. The third-order valence-corrected chi connectivity index (χ3v) is 2.94. The third-order valence-electron chi connectivity index (χ3n) is 2.94. The minimum absolute atomic E-state index is 0.274. The number of ether oxygens (including phenoxy) is 1. The lowest BCUT2D eigenvalue weighted by atomic mass is 10.1. The number of aliphatic hydroxyl groups is 1. The van der Waals surface area contributed by atoms with Crippen LogP contribution in [0.1, 0.15) is 24.4 Å². The predicted molar refractivity (Wildman–Crippen MR) is 69.4 cm³/mol. The third kappa shape index (κ3) is 3.32. The number of benzene rings is 1.